The summed E-state index contributed by atoms with van der Waals surface area (Å²) >= 11 is 0. The van der Waals surface area contributed by atoms with Gasteiger partial charge in [-0.3, -0.25) is 9.69 Å². The van der Waals surface area contributed by atoms with Gasteiger partial charge in [0, 0.05) is 55.2 Å². The largest absolute Gasteiger partial charge is 0.424 e. The lowest BCUT2D eigenvalue weighted by molar-refractivity contribution is 0.0994. The molecular weight excluding hydrogens is 478 g/mol. The standard InChI is InChI=1S/C29H31N7O2/c1-20-16-23(38-29-32-10-9-26(34-29)28(31)37)6-8-27(20)36-14-12-35(13-15-36)11-3-2-4-22-19-33-25-7-5-21(18-30)17-24(22)25/h5-10,16-17,19,33H,2-4,11-15H2,1H3,(H2,31,37). The summed E-state index contributed by atoms with van der Waals surface area (Å²) in [6.45, 7) is 7.18. The molecule has 0 radical (unpaired) electrons. The van der Waals surface area contributed by atoms with E-state index in [1.165, 1.54) is 23.5 Å². The first-order valence-corrected chi connectivity index (χ1v) is 12.9. The number of aryl methyl sites for hydroxylation is 2. The third kappa shape index (κ3) is 5.76. The van der Waals surface area contributed by atoms with Crippen molar-refractivity contribution in [2.45, 2.75) is 26.2 Å². The van der Waals surface area contributed by atoms with E-state index in [1.807, 2.05) is 30.3 Å². The Bertz CT molecular complexity index is 1480. The lowest BCUT2D eigenvalue weighted by atomic mass is 10.0. The Labute approximate surface area is 221 Å². The van der Waals surface area contributed by atoms with Crippen LogP contribution in [0, 0.1) is 18.3 Å². The van der Waals surface area contributed by atoms with E-state index in [4.69, 9.17) is 10.5 Å². The number of aromatic nitrogens is 3. The van der Waals surface area contributed by atoms with Gasteiger partial charge in [0.15, 0.2) is 0 Å². The molecule has 0 bridgehead atoms. The Morgan fingerprint density at radius 3 is 2.74 bits per heavy atom. The number of hydrogen-bond acceptors (Lipinski definition) is 7. The fraction of sp³-hybridized carbons (Fsp3) is 0.310. The molecule has 1 amide bonds. The molecule has 5 rings (SSSR count). The number of piperazine rings is 1. The highest BCUT2D eigenvalue weighted by Crippen LogP contribution is 2.28. The molecule has 2 aromatic carbocycles. The summed E-state index contributed by atoms with van der Waals surface area (Å²) in [7, 11) is 0. The molecule has 0 saturated carbocycles. The van der Waals surface area contributed by atoms with E-state index >= 15 is 0 Å². The Morgan fingerprint density at radius 2 is 1.97 bits per heavy atom. The summed E-state index contributed by atoms with van der Waals surface area (Å²) in [6.07, 6.45) is 6.82. The Kier molecular flexibility index (Phi) is 7.52. The first kappa shape index (κ1) is 25.2. The summed E-state index contributed by atoms with van der Waals surface area (Å²) in [5.74, 6) is -0.00197. The second-order valence-electron chi connectivity index (χ2n) is 9.61. The van der Waals surface area contributed by atoms with E-state index in [9.17, 15) is 10.1 Å². The van der Waals surface area contributed by atoms with Crippen LogP contribution in [0.5, 0.6) is 11.8 Å². The monoisotopic (exact) mass is 509 g/mol. The van der Waals surface area contributed by atoms with Crippen LogP contribution in [0.25, 0.3) is 10.9 Å². The van der Waals surface area contributed by atoms with Gasteiger partial charge in [0.25, 0.3) is 5.91 Å². The average molecular weight is 510 g/mol. The predicted octanol–water partition coefficient (Wildman–Crippen LogP) is 4.17. The lowest BCUT2D eigenvalue weighted by Gasteiger charge is -2.37. The smallest absolute Gasteiger partial charge is 0.322 e. The maximum Gasteiger partial charge on any atom is 0.322 e. The molecule has 1 aliphatic heterocycles. The molecule has 2 aromatic heterocycles. The number of rotatable bonds is 9. The van der Waals surface area contributed by atoms with E-state index in [-0.39, 0.29) is 11.7 Å². The maximum absolute atomic E-state index is 11.3. The summed E-state index contributed by atoms with van der Waals surface area (Å²) in [6, 6.07) is 15.5. The van der Waals surface area contributed by atoms with Crippen molar-refractivity contribution >= 4 is 22.5 Å². The normalized spacial score (nSPS) is 13.9. The highest BCUT2D eigenvalue weighted by molar-refractivity contribution is 5.90. The minimum Gasteiger partial charge on any atom is -0.424 e. The summed E-state index contributed by atoms with van der Waals surface area (Å²) < 4.78 is 5.75. The molecule has 0 spiro atoms. The van der Waals surface area contributed by atoms with Gasteiger partial charge in [0.2, 0.25) is 0 Å². The van der Waals surface area contributed by atoms with Crippen LogP contribution in [0.2, 0.25) is 0 Å². The molecule has 3 N–H and O–H groups in total. The quantitative estimate of drug-likeness (QED) is 0.324. The number of primary amides is 1. The topological polar surface area (TPSA) is 124 Å². The van der Waals surface area contributed by atoms with Crippen molar-refractivity contribution in [3.05, 3.63) is 77.2 Å². The number of ether oxygens (including phenoxy) is 1. The third-order valence-electron chi connectivity index (χ3n) is 7.04. The van der Waals surface area contributed by atoms with Gasteiger partial charge in [-0.1, -0.05) is 0 Å². The fourth-order valence-corrected chi connectivity index (χ4v) is 5.00. The first-order valence-electron chi connectivity index (χ1n) is 12.9. The number of benzene rings is 2. The molecular formula is C29H31N7O2. The number of nitrogens with one attached hydrogen (secondary N) is 1. The second-order valence-corrected chi connectivity index (χ2v) is 9.61. The van der Waals surface area contributed by atoms with Crippen LogP contribution in [0.15, 0.2) is 54.9 Å². The van der Waals surface area contributed by atoms with Crippen molar-refractivity contribution in [3.63, 3.8) is 0 Å². The number of carbonyl (C=O) groups is 1. The van der Waals surface area contributed by atoms with Crippen molar-refractivity contribution in [1.82, 2.24) is 19.9 Å². The number of fused-ring (bicyclic) bond motifs is 1. The van der Waals surface area contributed by atoms with Gasteiger partial charge < -0.3 is 20.4 Å². The minimum atomic E-state index is -0.618. The van der Waals surface area contributed by atoms with Crippen molar-refractivity contribution in [1.29, 1.82) is 5.26 Å². The number of nitriles is 1. The van der Waals surface area contributed by atoms with E-state index < -0.39 is 5.91 Å². The zero-order valence-corrected chi connectivity index (χ0v) is 21.5. The number of aromatic amines is 1. The molecule has 1 aliphatic rings. The van der Waals surface area contributed by atoms with Crippen molar-refractivity contribution < 1.29 is 9.53 Å². The molecule has 1 fully saturated rings. The fourth-order valence-electron chi connectivity index (χ4n) is 5.00. The first-order chi connectivity index (χ1) is 18.5. The number of nitrogens with zero attached hydrogens (tertiary/aromatic N) is 5. The van der Waals surface area contributed by atoms with Crippen molar-refractivity contribution in [2.75, 3.05) is 37.6 Å². The van der Waals surface area contributed by atoms with Gasteiger partial charge in [-0.2, -0.15) is 10.2 Å². The molecule has 0 atom stereocenters. The van der Waals surface area contributed by atoms with Crippen molar-refractivity contribution in [3.8, 4) is 17.8 Å². The van der Waals surface area contributed by atoms with Gasteiger partial charge in [-0.25, -0.2) is 4.98 Å². The van der Waals surface area contributed by atoms with Crippen molar-refractivity contribution in [2.24, 2.45) is 5.73 Å². The molecule has 0 aliphatic carbocycles. The van der Waals surface area contributed by atoms with Crippen LogP contribution in [-0.2, 0) is 6.42 Å². The number of amides is 1. The maximum atomic E-state index is 11.3. The molecule has 1 saturated heterocycles. The van der Waals surface area contributed by atoms with Gasteiger partial charge in [0.05, 0.1) is 11.6 Å². The molecule has 9 nitrogen and oxygen atoms in total. The van der Waals surface area contributed by atoms with Gasteiger partial charge in [0.1, 0.15) is 11.4 Å². The summed E-state index contributed by atoms with van der Waals surface area (Å²) in [4.78, 5) is 27.7. The average Bonchev–Trinajstić information content (AvgIpc) is 3.34. The molecule has 3 heterocycles. The zero-order chi connectivity index (χ0) is 26.5. The lowest BCUT2D eigenvalue weighted by Crippen LogP contribution is -2.46. The predicted molar refractivity (Wildman–Crippen MR) is 146 cm³/mol. The molecule has 0 unspecified atom stereocenters. The van der Waals surface area contributed by atoms with Crippen LogP contribution < -0.4 is 15.4 Å². The summed E-state index contributed by atoms with van der Waals surface area (Å²) in [5, 5.41) is 10.4. The van der Waals surface area contributed by atoms with Crippen LogP contribution in [0.4, 0.5) is 5.69 Å². The number of H-pyrrole nitrogens is 1. The minimum absolute atomic E-state index is 0.0960. The van der Waals surface area contributed by atoms with E-state index in [2.05, 4.69) is 50.0 Å². The second kappa shape index (κ2) is 11.3. The highest BCUT2D eigenvalue weighted by atomic mass is 16.5. The summed E-state index contributed by atoms with van der Waals surface area (Å²) in [5.41, 5.74) is 10.8. The van der Waals surface area contributed by atoms with Crippen LogP contribution in [0.1, 0.15) is 40.0 Å². The number of unbranched alkanes of at least 4 members (excludes halogenated alkanes) is 1. The SMILES string of the molecule is Cc1cc(Oc2nccc(C(N)=O)n2)ccc1N1CCN(CCCCc2c[nH]c3ccc(C#N)cc23)CC1. The van der Waals surface area contributed by atoms with Gasteiger partial charge in [-0.15, -0.1) is 0 Å². The van der Waals surface area contributed by atoms with Crippen LogP contribution >= 0.6 is 0 Å². The Balaban J connectivity index is 1.09. The highest BCUT2D eigenvalue weighted by Gasteiger charge is 2.19. The third-order valence-corrected chi connectivity index (χ3v) is 7.04. The van der Waals surface area contributed by atoms with E-state index in [0.717, 1.165) is 68.5 Å². The Morgan fingerprint density at radius 1 is 1.13 bits per heavy atom. The molecule has 38 heavy (non-hydrogen) atoms. The Hall–Kier alpha value is -4.42. The molecule has 9 heteroatoms. The van der Waals surface area contributed by atoms with E-state index in [0.29, 0.717) is 11.3 Å². The van der Waals surface area contributed by atoms with Gasteiger partial charge >= 0.3 is 6.01 Å². The molecule has 4 aromatic rings. The molecule has 194 valence electrons. The van der Waals surface area contributed by atoms with Crippen LogP contribution in [0.3, 0.4) is 0 Å². The van der Waals surface area contributed by atoms with Crippen LogP contribution in [-0.4, -0.2) is 58.5 Å². The number of carbonyl (C=O) groups excluding carboxylic acids is 1. The number of hydrogen-bond donors (Lipinski definition) is 2. The number of anilines is 1. The van der Waals surface area contributed by atoms with E-state index in [1.54, 1.807) is 0 Å². The van der Waals surface area contributed by atoms with Gasteiger partial charge in [-0.05, 0) is 86.3 Å². The zero-order valence-electron chi connectivity index (χ0n) is 21.5. The number of nitrogens with two attached hydrogens (primary N) is 1.